The van der Waals surface area contributed by atoms with Crippen LogP contribution >= 0.6 is 0 Å². The van der Waals surface area contributed by atoms with Crippen molar-refractivity contribution in [1.82, 2.24) is 0 Å². The van der Waals surface area contributed by atoms with Crippen LogP contribution in [0.15, 0.2) is 12.2 Å². The lowest BCUT2D eigenvalue weighted by Crippen LogP contribution is -2.31. The molecule has 2 nitrogen and oxygen atoms in total. The Balaban J connectivity index is 2.55. The van der Waals surface area contributed by atoms with Crippen LogP contribution in [0.2, 0.25) is 0 Å². The van der Waals surface area contributed by atoms with Crippen molar-refractivity contribution in [2.24, 2.45) is 11.8 Å². The summed E-state index contributed by atoms with van der Waals surface area (Å²) in [5.41, 5.74) is 1.22. The Labute approximate surface area is 86.3 Å². The Morgan fingerprint density at radius 1 is 1.36 bits per heavy atom. The summed E-state index contributed by atoms with van der Waals surface area (Å²) in [4.78, 5) is 10.9. The van der Waals surface area contributed by atoms with E-state index in [4.69, 9.17) is 4.74 Å². The predicted octanol–water partition coefficient (Wildman–Crippen LogP) is 2.93. The number of hydrogen-bond acceptors (Lipinski definition) is 2. The van der Waals surface area contributed by atoms with Crippen molar-refractivity contribution >= 4 is 5.97 Å². The molecule has 3 atom stereocenters. The van der Waals surface area contributed by atoms with Gasteiger partial charge in [0.05, 0.1) is 0 Å². The molecule has 1 fully saturated rings. The third-order valence-electron chi connectivity index (χ3n) is 3.14. The molecule has 0 aliphatic heterocycles. The van der Waals surface area contributed by atoms with Crippen LogP contribution in [-0.4, -0.2) is 12.1 Å². The van der Waals surface area contributed by atoms with E-state index >= 15 is 0 Å². The van der Waals surface area contributed by atoms with Crippen LogP contribution in [0.25, 0.3) is 0 Å². The number of ether oxygens (including phenoxy) is 1. The highest BCUT2D eigenvalue weighted by atomic mass is 16.5. The van der Waals surface area contributed by atoms with E-state index in [2.05, 4.69) is 20.4 Å². The Bertz CT molecular complexity index is 232. The molecular weight excluding hydrogens is 176 g/mol. The van der Waals surface area contributed by atoms with E-state index in [9.17, 15) is 4.79 Å². The smallest absolute Gasteiger partial charge is 0.302 e. The van der Waals surface area contributed by atoms with Gasteiger partial charge in [0.15, 0.2) is 0 Å². The SMILES string of the molecule is C=C(C)[C@@H]1CCC(C)[C@@H](OC(C)=O)C1. The lowest BCUT2D eigenvalue weighted by atomic mass is 9.78. The molecular formula is C12H20O2. The van der Waals surface area contributed by atoms with Gasteiger partial charge in [-0.2, -0.15) is 0 Å². The highest BCUT2D eigenvalue weighted by molar-refractivity contribution is 5.66. The number of carbonyl (C=O) groups excluding carboxylic acids is 1. The van der Waals surface area contributed by atoms with Crippen LogP contribution in [0.3, 0.4) is 0 Å². The standard InChI is InChI=1S/C12H20O2/c1-8(2)11-6-5-9(3)12(7-11)14-10(4)13/h9,11-12H,1,5-7H2,2-4H3/t9?,11-,12+/m1/s1. The summed E-state index contributed by atoms with van der Waals surface area (Å²) in [7, 11) is 0. The molecule has 0 amide bonds. The lowest BCUT2D eigenvalue weighted by molar-refractivity contribution is -0.151. The van der Waals surface area contributed by atoms with Gasteiger partial charge in [0.25, 0.3) is 0 Å². The Morgan fingerprint density at radius 3 is 2.50 bits per heavy atom. The van der Waals surface area contributed by atoms with Gasteiger partial charge in [-0.05, 0) is 38.0 Å². The second-order valence-electron chi connectivity index (χ2n) is 4.48. The summed E-state index contributed by atoms with van der Waals surface area (Å²) < 4.78 is 5.30. The van der Waals surface area contributed by atoms with Crippen LogP contribution in [0.1, 0.15) is 40.0 Å². The summed E-state index contributed by atoms with van der Waals surface area (Å²) in [5, 5.41) is 0. The zero-order valence-corrected chi connectivity index (χ0v) is 9.38. The average Bonchev–Trinajstić information content (AvgIpc) is 2.07. The van der Waals surface area contributed by atoms with Gasteiger partial charge in [0, 0.05) is 6.92 Å². The van der Waals surface area contributed by atoms with Gasteiger partial charge in [-0.3, -0.25) is 4.79 Å². The minimum Gasteiger partial charge on any atom is -0.462 e. The van der Waals surface area contributed by atoms with Gasteiger partial charge in [-0.15, -0.1) is 0 Å². The van der Waals surface area contributed by atoms with Gasteiger partial charge in [-0.25, -0.2) is 0 Å². The van der Waals surface area contributed by atoms with Crippen LogP contribution in [0.4, 0.5) is 0 Å². The molecule has 2 heteroatoms. The summed E-state index contributed by atoms with van der Waals surface area (Å²) in [5.74, 6) is 0.870. The molecule has 0 spiro atoms. The quantitative estimate of drug-likeness (QED) is 0.501. The fraction of sp³-hybridized carbons (Fsp3) is 0.750. The van der Waals surface area contributed by atoms with Crippen molar-refractivity contribution in [3.8, 4) is 0 Å². The second kappa shape index (κ2) is 4.63. The van der Waals surface area contributed by atoms with Gasteiger partial charge in [0.1, 0.15) is 6.10 Å². The van der Waals surface area contributed by atoms with E-state index < -0.39 is 0 Å². The fourth-order valence-corrected chi connectivity index (χ4v) is 2.11. The number of allylic oxidation sites excluding steroid dienone is 1. The van der Waals surface area contributed by atoms with Crippen LogP contribution in [0.5, 0.6) is 0 Å². The van der Waals surface area contributed by atoms with Crippen molar-refractivity contribution in [3.63, 3.8) is 0 Å². The summed E-state index contributed by atoms with van der Waals surface area (Å²) in [6.07, 6.45) is 3.38. The first kappa shape index (κ1) is 11.3. The van der Waals surface area contributed by atoms with Gasteiger partial charge in [0.2, 0.25) is 0 Å². The van der Waals surface area contributed by atoms with E-state index in [1.807, 2.05) is 0 Å². The predicted molar refractivity (Wildman–Crippen MR) is 56.9 cm³/mol. The van der Waals surface area contributed by atoms with E-state index in [1.165, 1.54) is 18.9 Å². The highest BCUT2D eigenvalue weighted by Gasteiger charge is 2.29. The van der Waals surface area contributed by atoms with Crippen molar-refractivity contribution in [1.29, 1.82) is 0 Å². The highest BCUT2D eigenvalue weighted by Crippen LogP contribution is 2.34. The van der Waals surface area contributed by atoms with Crippen LogP contribution in [0, 0.1) is 11.8 Å². The molecule has 0 radical (unpaired) electrons. The van der Waals surface area contributed by atoms with E-state index in [0.717, 1.165) is 12.8 Å². The van der Waals surface area contributed by atoms with Crippen molar-refractivity contribution in [2.45, 2.75) is 46.1 Å². The van der Waals surface area contributed by atoms with E-state index in [-0.39, 0.29) is 12.1 Å². The van der Waals surface area contributed by atoms with Gasteiger partial charge >= 0.3 is 5.97 Å². The molecule has 0 saturated heterocycles. The molecule has 1 aliphatic rings. The molecule has 1 aliphatic carbocycles. The lowest BCUT2D eigenvalue weighted by Gasteiger charge is -2.33. The number of rotatable bonds is 2. The fourth-order valence-electron chi connectivity index (χ4n) is 2.11. The first-order valence-electron chi connectivity index (χ1n) is 5.33. The summed E-state index contributed by atoms with van der Waals surface area (Å²) in [6, 6.07) is 0. The normalized spacial score (nSPS) is 32.4. The topological polar surface area (TPSA) is 26.3 Å². The molecule has 1 rings (SSSR count). The monoisotopic (exact) mass is 196 g/mol. The second-order valence-corrected chi connectivity index (χ2v) is 4.48. The molecule has 0 N–H and O–H groups in total. The molecule has 80 valence electrons. The average molecular weight is 196 g/mol. The molecule has 14 heavy (non-hydrogen) atoms. The van der Waals surface area contributed by atoms with Crippen molar-refractivity contribution < 1.29 is 9.53 Å². The molecule has 0 aromatic heterocycles. The van der Waals surface area contributed by atoms with E-state index in [0.29, 0.717) is 11.8 Å². The molecule has 0 heterocycles. The maximum absolute atomic E-state index is 10.9. The third-order valence-corrected chi connectivity index (χ3v) is 3.14. The summed E-state index contributed by atoms with van der Waals surface area (Å²) in [6.45, 7) is 9.68. The zero-order valence-electron chi connectivity index (χ0n) is 9.38. The van der Waals surface area contributed by atoms with Gasteiger partial charge in [-0.1, -0.05) is 19.1 Å². The maximum atomic E-state index is 10.9. The first-order chi connectivity index (χ1) is 6.50. The molecule has 0 bridgehead atoms. The number of hydrogen-bond donors (Lipinski definition) is 0. The molecule has 0 aromatic carbocycles. The van der Waals surface area contributed by atoms with Gasteiger partial charge < -0.3 is 4.74 Å². The Morgan fingerprint density at radius 2 is 2.00 bits per heavy atom. The molecule has 0 aromatic rings. The number of carbonyl (C=O) groups is 1. The van der Waals surface area contributed by atoms with E-state index in [1.54, 1.807) is 0 Å². The number of esters is 1. The Hall–Kier alpha value is -0.790. The van der Waals surface area contributed by atoms with Crippen molar-refractivity contribution in [3.05, 3.63) is 12.2 Å². The molecule has 1 saturated carbocycles. The Kier molecular flexibility index (Phi) is 3.73. The summed E-state index contributed by atoms with van der Waals surface area (Å²) >= 11 is 0. The first-order valence-corrected chi connectivity index (χ1v) is 5.33. The van der Waals surface area contributed by atoms with Crippen LogP contribution in [-0.2, 0) is 9.53 Å². The van der Waals surface area contributed by atoms with Crippen molar-refractivity contribution in [2.75, 3.05) is 0 Å². The van der Waals surface area contributed by atoms with Crippen LogP contribution < -0.4 is 0 Å². The minimum atomic E-state index is -0.163. The minimum absolute atomic E-state index is 0.1000. The zero-order chi connectivity index (χ0) is 10.7. The maximum Gasteiger partial charge on any atom is 0.302 e. The largest absolute Gasteiger partial charge is 0.462 e. The third kappa shape index (κ3) is 2.86. The molecule has 1 unspecified atom stereocenters.